The van der Waals surface area contributed by atoms with Gasteiger partial charge in [-0.1, -0.05) is 13.8 Å². The van der Waals surface area contributed by atoms with Gasteiger partial charge in [0.15, 0.2) is 0 Å². The van der Waals surface area contributed by atoms with Crippen molar-refractivity contribution in [3.8, 4) is 0 Å². The van der Waals surface area contributed by atoms with E-state index in [2.05, 4.69) is 0 Å². The van der Waals surface area contributed by atoms with Crippen LogP contribution in [0.1, 0.15) is 13.8 Å². The van der Waals surface area contributed by atoms with E-state index in [1.807, 2.05) is 13.8 Å². The zero-order valence-corrected chi connectivity index (χ0v) is 7.16. The van der Waals surface area contributed by atoms with Gasteiger partial charge in [-0.2, -0.15) is 0 Å². The van der Waals surface area contributed by atoms with Gasteiger partial charge in [0.1, 0.15) is 0 Å². The lowest BCUT2D eigenvalue weighted by atomic mass is 9.94. The zero-order chi connectivity index (χ0) is 9.07. The first-order valence-corrected chi connectivity index (χ1v) is 3.44. The van der Waals surface area contributed by atoms with Gasteiger partial charge in [-0.25, -0.2) is 4.79 Å². The molecule has 0 heterocycles. The molecule has 2 N–H and O–H groups in total. The van der Waals surface area contributed by atoms with Gasteiger partial charge in [-0.05, 0) is 0 Å². The van der Waals surface area contributed by atoms with Gasteiger partial charge >= 0.3 is 6.09 Å². The summed E-state index contributed by atoms with van der Waals surface area (Å²) in [7, 11) is 1.49. The smallest absolute Gasteiger partial charge is 0.407 e. The van der Waals surface area contributed by atoms with E-state index in [0.717, 1.165) is 4.90 Å². The Morgan fingerprint density at radius 3 is 2.27 bits per heavy atom. The van der Waals surface area contributed by atoms with Gasteiger partial charge in [0.25, 0.3) is 0 Å². The first-order valence-electron chi connectivity index (χ1n) is 3.44. The van der Waals surface area contributed by atoms with Crippen LogP contribution in [0.15, 0.2) is 0 Å². The molecule has 66 valence electrons. The topological polar surface area (TPSA) is 60.8 Å². The van der Waals surface area contributed by atoms with Crippen molar-refractivity contribution < 1.29 is 15.0 Å². The molecule has 0 aromatic rings. The number of nitrogens with zero attached hydrogens (tertiary/aromatic N) is 1. The minimum atomic E-state index is -0.966. The lowest BCUT2D eigenvalue weighted by Gasteiger charge is -2.26. The number of aliphatic hydroxyl groups excluding tert-OH is 1. The molecule has 0 aliphatic carbocycles. The molecule has 4 heteroatoms. The quantitative estimate of drug-likeness (QED) is 0.637. The second-order valence-corrected chi connectivity index (χ2v) is 3.46. The molecule has 0 bridgehead atoms. The van der Waals surface area contributed by atoms with E-state index in [1.165, 1.54) is 7.05 Å². The monoisotopic (exact) mass is 161 g/mol. The number of aliphatic hydroxyl groups is 1. The number of hydrogen-bond acceptors (Lipinski definition) is 2. The molecule has 0 rings (SSSR count). The van der Waals surface area contributed by atoms with E-state index < -0.39 is 6.09 Å². The van der Waals surface area contributed by atoms with Gasteiger partial charge in [0.2, 0.25) is 0 Å². The fraction of sp³-hybridized carbons (Fsp3) is 0.857. The fourth-order valence-corrected chi connectivity index (χ4v) is 0.760. The third-order valence-corrected chi connectivity index (χ3v) is 1.42. The summed E-state index contributed by atoms with van der Waals surface area (Å²) in [6.45, 7) is 3.96. The Hall–Kier alpha value is -0.770. The molecule has 1 amide bonds. The molecule has 0 saturated heterocycles. The largest absolute Gasteiger partial charge is 0.465 e. The zero-order valence-electron chi connectivity index (χ0n) is 7.16. The van der Waals surface area contributed by atoms with Crippen LogP contribution in [0.2, 0.25) is 0 Å². The van der Waals surface area contributed by atoms with Crippen LogP contribution in [0, 0.1) is 5.41 Å². The first-order chi connectivity index (χ1) is 4.89. The molecule has 0 saturated carbocycles. The first kappa shape index (κ1) is 10.2. The average Bonchev–Trinajstić information content (AvgIpc) is 1.87. The summed E-state index contributed by atoms with van der Waals surface area (Å²) in [5.41, 5.74) is -0.354. The second-order valence-electron chi connectivity index (χ2n) is 3.46. The molecule has 0 fully saturated rings. The van der Waals surface area contributed by atoms with Crippen molar-refractivity contribution in [1.82, 2.24) is 4.90 Å². The summed E-state index contributed by atoms with van der Waals surface area (Å²) in [5, 5.41) is 17.3. The Morgan fingerprint density at radius 2 is 2.00 bits per heavy atom. The molecule has 0 unspecified atom stereocenters. The Morgan fingerprint density at radius 1 is 1.55 bits per heavy atom. The van der Waals surface area contributed by atoms with E-state index in [4.69, 9.17) is 10.2 Å². The van der Waals surface area contributed by atoms with E-state index >= 15 is 0 Å². The van der Waals surface area contributed by atoms with Gasteiger partial charge in [-0.15, -0.1) is 0 Å². The van der Waals surface area contributed by atoms with Crippen LogP contribution in [-0.4, -0.2) is 41.4 Å². The molecule has 0 spiro atoms. The lowest BCUT2D eigenvalue weighted by Crippen LogP contribution is -2.36. The number of carbonyl (C=O) groups is 1. The van der Waals surface area contributed by atoms with Crippen molar-refractivity contribution in [3.63, 3.8) is 0 Å². The van der Waals surface area contributed by atoms with Gasteiger partial charge < -0.3 is 15.1 Å². The number of rotatable bonds is 3. The van der Waals surface area contributed by atoms with Crippen LogP contribution in [0.3, 0.4) is 0 Å². The number of hydrogen-bond donors (Lipinski definition) is 2. The van der Waals surface area contributed by atoms with Crippen molar-refractivity contribution in [2.45, 2.75) is 13.8 Å². The molecule has 0 aliphatic heterocycles. The van der Waals surface area contributed by atoms with Gasteiger partial charge in [0, 0.05) is 25.6 Å². The van der Waals surface area contributed by atoms with E-state index in [9.17, 15) is 4.79 Å². The summed E-state index contributed by atoms with van der Waals surface area (Å²) < 4.78 is 0. The maximum absolute atomic E-state index is 10.3. The van der Waals surface area contributed by atoms with Crippen molar-refractivity contribution >= 4 is 6.09 Å². The van der Waals surface area contributed by atoms with Crippen molar-refractivity contribution in [3.05, 3.63) is 0 Å². The van der Waals surface area contributed by atoms with Crippen LogP contribution in [0.4, 0.5) is 4.79 Å². The molecule has 0 radical (unpaired) electrons. The van der Waals surface area contributed by atoms with Gasteiger partial charge in [0.05, 0.1) is 0 Å². The minimum Gasteiger partial charge on any atom is -0.465 e. The van der Waals surface area contributed by atoms with Crippen molar-refractivity contribution in [2.75, 3.05) is 20.2 Å². The molecular weight excluding hydrogens is 146 g/mol. The Kier molecular flexibility index (Phi) is 3.32. The minimum absolute atomic E-state index is 0.00931. The standard InChI is InChI=1S/C7H15NO3/c1-7(2,5-9)4-8(3)6(10)11/h9H,4-5H2,1-3H3,(H,10,11). The third kappa shape index (κ3) is 3.83. The van der Waals surface area contributed by atoms with E-state index in [1.54, 1.807) is 0 Å². The second kappa shape index (κ2) is 3.57. The molecular formula is C7H15NO3. The number of amides is 1. The normalized spacial score (nSPS) is 11.3. The molecule has 0 aromatic heterocycles. The fourth-order valence-electron chi connectivity index (χ4n) is 0.760. The summed E-state index contributed by atoms with van der Waals surface area (Å²) in [6.07, 6.45) is -0.966. The summed E-state index contributed by atoms with van der Waals surface area (Å²) in [5.74, 6) is 0. The highest BCUT2D eigenvalue weighted by Crippen LogP contribution is 2.14. The Bertz CT molecular complexity index is 145. The van der Waals surface area contributed by atoms with E-state index in [0.29, 0.717) is 6.54 Å². The highest BCUT2D eigenvalue weighted by atomic mass is 16.4. The molecule has 0 atom stereocenters. The Balaban J connectivity index is 3.93. The number of carboxylic acid groups (broad SMARTS) is 1. The van der Waals surface area contributed by atoms with Crippen molar-refractivity contribution in [1.29, 1.82) is 0 Å². The highest BCUT2D eigenvalue weighted by Gasteiger charge is 2.20. The van der Waals surface area contributed by atoms with Crippen LogP contribution in [-0.2, 0) is 0 Å². The summed E-state index contributed by atoms with van der Waals surface area (Å²) >= 11 is 0. The maximum atomic E-state index is 10.3. The van der Waals surface area contributed by atoms with E-state index in [-0.39, 0.29) is 12.0 Å². The highest BCUT2D eigenvalue weighted by molar-refractivity contribution is 5.64. The predicted octanol–water partition coefficient (Wildman–Crippen LogP) is 0.615. The third-order valence-electron chi connectivity index (χ3n) is 1.42. The van der Waals surface area contributed by atoms with Crippen LogP contribution in [0.5, 0.6) is 0 Å². The molecule has 4 nitrogen and oxygen atoms in total. The maximum Gasteiger partial charge on any atom is 0.407 e. The predicted molar refractivity (Wildman–Crippen MR) is 41.5 cm³/mol. The molecule has 11 heavy (non-hydrogen) atoms. The van der Waals surface area contributed by atoms with Crippen molar-refractivity contribution in [2.24, 2.45) is 5.41 Å². The summed E-state index contributed by atoms with van der Waals surface area (Å²) in [4.78, 5) is 11.5. The van der Waals surface area contributed by atoms with Crippen LogP contribution < -0.4 is 0 Å². The average molecular weight is 161 g/mol. The van der Waals surface area contributed by atoms with Gasteiger partial charge in [-0.3, -0.25) is 0 Å². The SMILES string of the molecule is CN(CC(C)(C)CO)C(=O)O. The Labute approximate surface area is 66.4 Å². The molecule has 0 aliphatic rings. The summed E-state index contributed by atoms with van der Waals surface area (Å²) in [6, 6.07) is 0. The lowest BCUT2D eigenvalue weighted by molar-refractivity contribution is 0.102. The molecule has 0 aromatic carbocycles. The van der Waals surface area contributed by atoms with Crippen LogP contribution >= 0.6 is 0 Å². The van der Waals surface area contributed by atoms with Crippen LogP contribution in [0.25, 0.3) is 0 Å².